The molecule has 0 spiro atoms. The van der Waals surface area contributed by atoms with E-state index in [4.69, 9.17) is 11.6 Å². The number of nitrogens with zero attached hydrogens (tertiary/aromatic N) is 1. The first kappa shape index (κ1) is 12.5. The highest BCUT2D eigenvalue weighted by Gasteiger charge is 2.17. The zero-order valence-corrected chi connectivity index (χ0v) is 11.5. The molecule has 2 nitrogen and oxygen atoms in total. The minimum absolute atomic E-state index is 0.289. The number of carbonyl (C=O) groups is 1. The van der Waals surface area contributed by atoms with Gasteiger partial charge in [0.25, 0.3) is 0 Å². The summed E-state index contributed by atoms with van der Waals surface area (Å²) in [7, 11) is 0. The van der Waals surface area contributed by atoms with Crippen molar-refractivity contribution in [3.63, 3.8) is 0 Å². The van der Waals surface area contributed by atoms with Crippen LogP contribution in [0.25, 0.3) is 0 Å². The molecule has 1 aliphatic carbocycles. The maximum absolute atomic E-state index is 12.0. The molecular weight excluding hydrogens is 258 g/mol. The zero-order valence-electron chi connectivity index (χ0n) is 10.7. The van der Waals surface area contributed by atoms with E-state index in [1.165, 1.54) is 5.56 Å². The van der Waals surface area contributed by atoms with Gasteiger partial charge in [-0.1, -0.05) is 23.7 Å². The fourth-order valence-electron chi connectivity index (χ4n) is 2.68. The molecule has 0 atom stereocenters. The van der Waals surface area contributed by atoms with Crippen molar-refractivity contribution >= 4 is 17.4 Å². The van der Waals surface area contributed by atoms with E-state index in [9.17, 15) is 4.79 Å². The maximum Gasteiger partial charge on any atom is 0.164 e. The second-order valence-corrected chi connectivity index (χ2v) is 5.57. The van der Waals surface area contributed by atoms with Crippen molar-refractivity contribution in [3.8, 4) is 0 Å². The molecule has 0 saturated carbocycles. The van der Waals surface area contributed by atoms with E-state index in [1.807, 2.05) is 24.4 Å². The minimum Gasteiger partial charge on any atom is -0.349 e. The fourth-order valence-corrected chi connectivity index (χ4v) is 2.89. The summed E-state index contributed by atoms with van der Waals surface area (Å²) in [6, 6.07) is 7.85. The normalized spacial score (nSPS) is 15.1. The molecule has 0 N–H and O–H groups in total. The van der Waals surface area contributed by atoms with Crippen molar-refractivity contribution in [3.05, 3.63) is 58.4 Å². The Morgan fingerprint density at radius 3 is 2.84 bits per heavy atom. The van der Waals surface area contributed by atoms with Gasteiger partial charge in [0, 0.05) is 35.9 Å². The molecule has 1 aliphatic rings. The van der Waals surface area contributed by atoms with Gasteiger partial charge in [-0.15, -0.1) is 0 Å². The van der Waals surface area contributed by atoms with Crippen LogP contribution in [0.15, 0.2) is 36.7 Å². The average Bonchev–Trinajstić information content (AvgIpc) is 2.70. The van der Waals surface area contributed by atoms with Gasteiger partial charge < -0.3 is 4.57 Å². The van der Waals surface area contributed by atoms with E-state index >= 15 is 0 Å². The first-order valence-electron chi connectivity index (χ1n) is 6.69. The summed E-state index contributed by atoms with van der Waals surface area (Å²) in [5.74, 6) is 0.289. The quantitative estimate of drug-likeness (QED) is 0.755. The van der Waals surface area contributed by atoms with Crippen molar-refractivity contribution in [1.29, 1.82) is 0 Å². The first-order valence-corrected chi connectivity index (χ1v) is 7.06. The third-order valence-corrected chi connectivity index (χ3v) is 3.85. The number of carbonyl (C=O) groups excluding carboxylic acids is 1. The van der Waals surface area contributed by atoms with Gasteiger partial charge in [-0.25, -0.2) is 0 Å². The molecule has 0 amide bonds. The number of rotatable bonds is 2. The SMILES string of the molecule is O=C1CCCCc2cn(Cc3cccc(Cl)c3)cc21. The summed E-state index contributed by atoms with van der Waals surface area (Å²) in [6.45, 7) is 0.765. The van der Waals surface area contributed by atoms with Crippen LogP contribution in [0.3, 0.4) is 0 Å². The summed E-state index contributed by atoms with van der Waals surface area (Å²) in [6.07, 6.45) is 7.93. The molecular formula is C16H16ClNO. The lowest BCUT2D eigenvalue weighted by Gasteiger charge is -2.04. The highest BCUT2D eigenvalue weighted by atomic mass is 35.5. The second-order valence-electron chi connectivity index (χ2n) is 5.13. The van der Waals surface area contributed by atoms with E-state index < -0.39 is 0 Å². The third kappa shape index (κ3) is 2.74. The predicted octanol–water partition coefficient (Wildman–Crippen LogP) is 4.10. The number of benzene rings is 1. The van der Waals surface area contributed by atoms with Crippen molar-refractivity contribution in [2.75, 3.05) is 0 Å². The van der Waals surface area contributed by atoms with Crippen LogP contribution in [0.5, 0.6) is 0 Å². The lowest BCUT2D eigenvalue weighted by molar-refractivity contribution is 0.0982. The summed E-state index contributed by atoms with van der Waals surface area (Å²) in [4.78, 5) is 12.0. The number of ketones is 1. The largest absolute Gasteiger partial charge is 0.349 e. The van der Waals surface area contributed by atoms with Crippen LogP contribution in [-0.2, 0) is 13.0 Å². The van der Waals surface area contributed by atoms with Crippen LogP contribution in [0, 0.1) is 0 Å². The molecule has 0 unspecified atom stereocenters. The number of fused-ring (bicyclic) bond motifs is 1. The highest BCUT2D eigenvalue weighted by Crippen LogP contribution is 2.22. The van der Waals surface area contributed by atoms with Crippen LogP contribution < -0.4 is 0 Å². The van der Waals surface area contributed by atoms with Gasteiger partial charge >= 0.3 is 0 Å². The maximum atomic E-state index is 12.0. The van der Waals surface area contributed by atoms with Crippen molar-refractivity contribution in [2.45, 2.75) is 32.2 Å². The summed E-state index contributed by atoms with van der Waals surface area (Å²) in [5, 5.41) is 0.752. The van der Waals surface area contributed by atoms with E-state index in [2.05, 4.69) is 16.8 Å². The molecule has 0 fully saturated rings. The standard InChI is InChI=1S/C16H16ClNO/c17-14-6-3-4-12(8-14)9-18-10-13-5-1-2-7-16(19)15(13)11-18/h3-4,6,8,10-11H,1-2,5,7,9H2. The van der Waals surface area contributed by atoms with Crippen molar-refractivity contribution < 1.29 is 4.79 Å². The van der Waals surface area contributed by atoms with Gasteiger partial charge in [0.2, 0.25) is 0 Å². The molecule has 0 radical (unpaired) electrons. The van der Waals surface area contributed by atoms with Crippen LogP contribution in [0.1, 0.15) is 40.7 Å². The number of hydrogen-bond donors (Lipinski definition) is 0. The smallest absolute Gasteiger partial charge is 0.164 e. The summed E-state index contributed by atoms with van der Waals surface area (Å²) < 4.78 is 2.10. The summed E-state index contributed by atoms with van der Waals surface area (Å²) >= 11 is 5.99. The molecule has 0 saturated heterocycles. The highest BCUT2D eigenvalue weighted by molar-refractivity contribution is 6.30. The molecule has 0 bridgehead atoms. The van der Waals surface area contributed by atoms with Gasteiger partial charge in [-0.3, -0.25) is 4.79 Å². The van der Waals surface area contributed by atoms with Crippen LogP contribution in [0.2, 0.25) is 5.02 Å². The van der Waals surface area contributed by atoms with Gasteiger partial charge in [0.05, 0.1) is 0 Å². The molecule has 1 aromatic carbocycles. The first-order chi connectivity index (χ1) is 9.22. The number of aromatic nitrogens is 1. The van der Waals surface area contributed by atoms with E-state index in [0.717, 1.165) is 42.0 Å². The molecule has 98 valence electrons. The Morgan fingerprint density at radius 2 is 2.00 bits per heavy atom. The Morgan fingerprint density at radius 1 is 1.16 bits per heavy atom. The summed E-state index contributed by atoms with van der Waals surface area (Å²) in [5.41, 5.74) is 3.27. The Labute approximate surface area is 118 Å². The van der Waals surface area contributed by atoms with Crippen LogP contribution in [0.4, 0.5) is 0 Å². The van der Waals surface area contributed by atoms with Crippen LogP contribution in [-0.4, -0.2) is 10.4 Å². The molecule has 1 aromatic heterocycles. The zero-order chi connectivity index (χ0) is 13.2. The lowest BCUT2D eigenvalue weighted by atomic mass is 10.1. The van der Waals surface area contributed by atoms with Crippen LogP contribution >= 0.6 is 11.6 Å². The number of halogens is 1. The molecule has 3 heteroatoms. The van der Waals surface area contributed by atoms with Crippen molar-refractivity contribution in [1.82, 2.24) is 4.57 Å². The van der Waals surface area contributed by atoms with Gasteiger partial charge in [0.15, 0.2) is 5.78 Å². The Bertz CT molecular complexity index is 615. The number of Topliss-reactive ketones (excluding diaryl/α,β-unsaturated/α-hetero) is 1. The third-order valence-electron chi connectivity index (χ3n) is 3.62. The van der Waals surface area contributed by atoms with E-state index in [1.54, 1.807) is 0 Å². The Kier molecular flexibility index (Phi) is 3.43. The van der Waals surface area contributed by atoms with Gasteiger partial charge in [0.1, 0.15) is 0 Å². The molecule has 2 aromatic rings. The van der Waals surface area contributed by atoms with Gasteiger partial charge in [-0.2, -0.15) is 0 Å². The number of hydrogen-bond acceptors (Lipinski definition) is 1. The molecule has 0 aliphatic heterocycles. The number of aryl methyl sites for hydroxylation is 1. The van der Waals surface area contributed by atoms with Gasteiger partial charge in [-0.05, 0) is 42.5 Å². The average molecular weight is 274 g/mol. The van der Waals surface area contributed by atoms with E-state index in [-0.39, 0.29) is 5.78 Å². The second kappa shape index (κ2) is 5.22. The van der Waals surface area contributed by atoms with E-state index in [0.29, 0.717) is 6.42 Å². The van der Waals surface area contributed by atoms with Crippen molar-refractivity contribution in [2.24, 2.45) is 0 Å². The Balaban J connectivity index is 1.87. The monoisotopic (exact) mass is 273 g/mol. The molecule has 3 rings (SSSR count). The predicted molar refractivity (Wildman–Crippen MR) is 76.9 cm³/mol. The Hall–Kier alpha value is -1.54. The molecule has 1 heterocycles. The minimum atomic E-state index is 0.289. The fraction of sp³-hybridized carbons (Fsp3) is 0.312. The molecule has 19 heavy (non-hydrogen) atoms. The topological polar surface area (TPSA) is 22.0 Å². The lowest BCUT2D eigenvalue weighted by Crippen LogP contribution is -1.98.